The van der Waals surface area contributed by atoms with E-state index in [9.17, 15) is 4.79 Å². The molecule has 1 saturated heterocycles. The molecule has 0 atom stereocenters. The summed E-state index contributed by atoms with van der Waals surface area (Å²) in [6, 6.07) is 7.84. The maximum Gasteiger partial charge on any atom is 0.410 e. The molecule has 1 aliphatic heterocycles. The van der Waals surface area contributed by atoms with E-state index in [4.69, 9.17) is 9.47 Å². The summed E-state index contributed by atoms with van der Waals surface area (Å²) < 4.78 is 12.2. The van der Waals surface area contributed by atoms with Gasteiger partial charge in [0, 0.05) is 32.7 Å². The first-order chi connectivity index (χ1) is 10.8. The molecule has 1 amide bonds. The molecule has 1 aromatic carbocycles. The zero-order valence-corrected chi connectivity index (χ0v) is 15.6. The molecule has 23 heavy (non-hydrogen) atoms. The molecule has 1 aliphatic rings. The number of para-hydroxylation sites is 1. The fourth-order valence-corrected chi connectivity index (χ4v) is 2.73. The maximum atomic E-state index is 12.0. The van der Waals surface area contributed by atoms with Gasteiger partial charge in [-0.3, -0.25) is 4.90 Å². The molecule has 0 aromatic heterocycles. The van der Waals surface area contributed by atoms with E-state index in [1.807, 2.05) is 45.0 Å². The number of benzene rings is 1. The van der Waals surface area contributed by atoms with Gasteiger partial charge in [0.1, 0.15) is 18.0 Å². The largest absolute Gasteiger partial charge is 0.491 e. The average molecular weight is 385 g/mol. The van der Waals surface area contributed by atoms with Gasteiger partial charge in [0.2, 0.25) is 0 Å². The second-order valence-corrected chi connectivity index (χ2v) is 7.44. The Bertz CT molecular complexity index is 523. The Morgan fingerprint density at radius 1 is 1.17 bits per heavy atom. The van der Waals surface area contributed by atoms with Gasteiger partial charge in [0.25, 0.3) is 0 Å². The number of rotatable bonds is 4. The second-order valence-electron chi connectivity index (χ2n) is 6.59. The highest BCUT2D eigenvalue weighted by atomic mass is 79.9. The van der Waals surface area contributed by atoms with Crippen molar-refractivity contribution in [3.63, 3.8) is 0 Å². The highest BCUT2D eigenvalue weighted by Crippen LogP contribution is 2.23. The minimum absolute atomic E-state index is 0.221. The predicted octanol–water partition coefficient (Wildman–Crippen LogP) is 3.38. The minimum atomic E-state index is -0.439. The minimum Gasteiger partial charge on any atom is -0.491 e. The first-order valence-corrected chi connectivity index (χ1v) is 8.72. The number of ether oxygens (including phenoxy) is 2. The van der Waals surface area contributed by atoms with Crippen LogP contribution in [0.5, 0.6) is 5.75 Å². The van der Waals surface area contributed by atoms with Crippen molar-refractivity contribution in [2.75, 3.05) is 39.3 Å². The van der Waals surface area contributed by atoms with E-state index in [0.717, 1.165) is 29.9 Å². The normalized spacial score (nSPS) is 16.3. The Labute approximate surface area is 146 Å². The molecule has 0 unspecified atom stereocenters. The highest BCUT2D eigenvalue weighted by Gasteiger charge is 2.25. The Kier molecular flexibility index (Phi) is 6.30. The molecule has 0 saturated carbocycles. The molecule has 128 valence electrons. The van der Waals surface area contributed by atoms with Crippen molar-refractivity contribution in [1.82, 2.24) is 9.80 Å². The molecule has 0 bridgehead atoms. The van der Waals surface area contributed by atoms with E-state index in [1.54, 1.807) is 4.90 Å². The fourth-order valence-electron chi connectivity index (χ4n) is 2.33. The maximum absolute atomic E-state index is 12.0. The van der Waals surface area contributed by atoms with Crippen LogP contribution in [0.25, 0.3) is 0 Å². The van der Waals surface area contributed by atoms with Crippen molar-refractivity contribution in [2.24, 2.45) is 0 Å². The van der Waals surface area contributed by atoms with Gasteiger partial charge in [-0.2, -0.15) is 0 Å². The van der Waals surface area contributed by atoms with Crippen LogP contribution >= 0.6 is 15.9 Å². The number of halogens is 1. The molecule has 1 fully saturated rings. The van der Waals surface area contributed by atoms with Gasteiger partial charge in [-0.1, -0.05) is 12.1 Å². The van der Waals surface area contributed by atoms with Crippen LogP contribution in [0.4, 0.5) is 4.79 Å². The van der Waals surface area contributed by atoms with Crippen LogP contribution in [0.3, 0.4) is 0 Å². The summed E-state index contributed by atoms with van der Waals surface area (Å²) in [7, 11) is 0. The van der Waals surface area contributed by atoms with E-state index in [0.29, 0.717) is 19.7 Å². The Morgan fingerprint density at radius 3 is 2.43 bits per heavy atom. The van der Waals surface area contributed by atoms with Gasteiger partial charge in [0.15, 0.2) is 0 Å². The van der Waals surface area contributed by atoms with Crippen LogP contribution in [0.2, 0.25) is 0 Å². The first-order valence-electron chi connectivity index (χ1n) is 7.93. The van der Waals surface area contributed by atoms with Gasteiger partial charge in [-0.15, -0.1) is 0 Å². The third kappa shape index (κ3) is 6.03. The summed E-state index contributed by atoms with van der Waals surface area (Å²) in [5, 5.41) is 0. The van der Waals surface area contributed by atoms with E-state index in [1.165, 1.54) is 0 Å². The van der Waals surface area contributed by atoms with E-state index >= 15 is 0 Å². The van der Waals surface area contributed by atoms with Gasteiger partial charge < -0.3 is 14.4 Å². The molecule has 6 heteroatoms. The topological polar surface area (TPSA) is 42.0 Å². The third-order valence-electron chi connectivity index (χ3n) is 3.53. The van der Waals surface area contributed by atoms with Gasteiger partial charge in [-0.25, -0.2) is 4.79 Å². The number of nitrogens with zero attached hydrogens (tertiary/aromatic N) is 2. The van der Waals surface area contributed by atoms with Crippen LogP contribution in [0.15, 0.2) is 28.7 Å². The number of piperazine rings is 1. The van der Waals surface area contributed by atoms with Crippen molar-refractivity contribution in [3.8, 4) is 5.75 Å². The number of amides is 1. The van der Waals surface area contributed by atoms with E-state index in [-0.39, 0.29) is 6.09 Å². The first kappa shape index (κ1) is 18.1. The lowest BCUT2D eigenvalue weighted by Crippen LogP contribution is -2.50. The zero-order chi connectivity index (χ0) is 16.9. The van der Waals surface area contributed by atoms with Crippen molar-refractivity contribution >= 4 is 22.0 Å². The SMILES string of the molecule is CC(C)(C)OC(=O)N1CCN(CCOc2ccccc2Br)CC1. The average Bonchev–Trinajstić information content (AvgIpc) is 2.48. The number of hydrogen-bond acceptors (Lipinski definition) is 4. The van der Waals surface area contributed by atoms with Crippen molar-refractivity contribution in [1.29, 1.82) is 0 Å². The lowest BCUT2D eigenvalue weighted by Gasteiger charge is -2.35. The van der Waals surface area contributed by atoms with Gasteiger partial charge in [0.05, 0.1) is 4.47 Å². The Morgan fingerprint density at radius 2 is 1.83 bits per heavy atom. The highest BCUT2D eigenvalue weighted by molar-refractivity contribution is 9.10. The van der Waals surface area contributed by atoms with Crippen LogP contribution in [0.1, 0.15) is 20.8 Å². The van der Waals surface area contributed by atoms with Gasteiger partial charge in [-0.05, 0) is 48.8 Å². The van der Waals surface area contributed by atoms with Crippen LogP contribution in [-0.4, -0.2) is 60.8 Å². The molecule has 0 aliphatic carbocycles. The smallest absolute Gasteiger partial charge is 0.410 e. The summed E-state index contributed by atoms with van der Waals surface area (Å²) >= 11 is 3.47. The predicted molar refractivity (Wildman–Crippen MR) is 93.9 cm³/mol. The van der Waals surface area contributed by atoms with E-state index in [2.05, 4.69) is 20.8 Å². The standard InChI is InChI=1S/C17H25BrN2O3/c1-17(2,3)23-16(21)20-10-8-19(9-11-20)12-13-22-15-7-5-4-6-14(15)18/h4-7H,8-13H2,1-3H3. The van der Waals surface area contributed by atoms with Crippen LogP contribution < -0.4 is 4.74 Å². The van der Waals surface area contributed by atoms with Gasteiger partial charge >= 0.3 is 6.09 Å². The molecule has 0 spiro atoms. The second kappa shape index (κ2) is 8.02. The molecule has 2 rings (SSSR count). The summed E-state index contributed by atoms with van der Waals surface area (Å²) in [4.78, 5) is 16.1. The number of carbonyl (C=O) groups excluding carboxylic acids is 1. The molecule has 5 nitrogen and oxygen atoms in total. The quantitative estimate of drug-likeness (QED) is 0.797. The van der Waals surface area contributed by atoms with Crippen LogP contribution in [0, 0.1) is 0 Å². The monoisotopic (exact) mass is 384 g/mol. The zero-order valence-electron chi connectivity index (χ0n) is 14.0. The molecule has 0 radical (unpaired) electrons. The Balaban J connectivity index is 1.69. The third-order valence-corrected chi connectivity index (χ3v) is 4.18. The molecular formula is C17H25BrN2O3. The lowest BCUT2D eigenvalue weighted by atomic mass is 10.2. The lowest BCUT2D eigenvalue weighted by molar-refractivity contribution is 0.0137. The van der Waals surface area contributed by atoms with Crippen molar-refractivity contribution in [2.45, 2.75) is 26.4 Å². The van der Waals surface area contributed by atoms with Crippen LogP contribution in [-0.2, 0) is 4.74 Å². The fraction of sp³-hybridized carbons (Fsp3) is 0.588. The number of hydrogen-bond donors (Lipinski definition) is 0. The molecular weight excluding hydrogens is 360 g/mol. The summed E-state index contributed by atoms with van der Waals surface area (Å²) in [6.45, 7) is 10.2. The van der Waals surface area contributed by atoms with Crippen molar-refractivity contribution in [3.05, 3.63) is 28.7 Å². The number of carbonyl (C=O) groups is 1. The molecule has 1 heterocycles. The summed E-state index contributed by atoms with van der Waals surface area (Å²) in [6.07, 6.45) is -0.221. The molecule has 1 aromatic rings. The molecule has 0 N–H and O–H groups in total. The summed E-state index contributed by atoms with van der Waals surface area (Å²) in [5.41, 5.74) is -0.439. The van der Waals surface area contributed by atoms with E-state index < -0.39 is 5.60 Å². The van der Waals surface area contributed by atoms with Crippen molar-refractivity contribution < 1.29 is 14.3 Å². The summed E-state index contributed by atoms with van der Waals surface area (Å²) in [5.74, 6) is 0.861. The Hall–Kier alpha value is -1.27.